The van der Waals surface area contributed by atoms with Crippen LogP contribution in [0.1, 0.15) is 11.1 Å². The van der Waals surface area contributed by atoms with Gasteiger partial charge in [0.15, 0.2) is 24.7 Å². The molecule has 142 valence electrons. The number of anilines is 1. The molecule has 0 atom stereocenters. The maximum absolute atomic E-state index is 11.8. The van der Waals surface area contributed by atoms with Crippen molar-refractivity contribution in [1.29, 1.82) is 0 Å². The highest BCUT2D eigenvalue weighted by Gasteiger charge is 2.11. The average Bonchev–Trinajstić information content (AvgIpc) is 2.65. The van der Waals surface area contributed by atoms with Crippen molar-refractivity contribution in [3.63, 3.8) is 0 Å². The van der Waals surface area contributed by atoms with Crippen LogP contribution in [0.25, 0.3) is 0 Å². The number of esters is 1. The summed E-state index contributed by atoms with van der Waals surface area (Å²) in [5.74, 6) is -0.127. The monoisotopic (exact) mass is 369 g/mol. The van der Waals surface area contributed by atoms with Gasteiger partial charge < -0.3 is 19.5 Å². The molecular weight excluding hydrogens is 346 g/mol. The molecule has 0 saturated heterocycles. The topological polar surface area (TPSA) is 73.9 Å². The average molecular weight is 369 g/mol. The minimum atomic E-state index is -0.647. The quantitative estimate of drug-likeness (QED) is 0.542. The molecule has 0 bridgehead atoms. The lowest BCUT2D eigenvalue weighted by Crippen LogP contribution is -2.23. The molecule has 2 aromatic carbocycles. The number of amides is 1. The zero-order valence-electron chi connectivity index (χ0n) is 15.5. The summed E-state index contributed by atoms with van der Waals surface area (Å²) in [6, 6.07) is 12.7. The van der Waals surface area contributed by atoms with Gasteiger partial charge in [0.1, 0.15) is 0 Å². The van der Waals surface area contributed by atoms with Crippen LogP contribution in [-0.4, -0.2) is 32.2 Å². The summed E-state index contributed by atoms with van der Waals surface area (Å²) in [5.41, 5.74) is 2.69. The van der Waals surface area contributed by atoms with Crippen molar-refractivity contribution < 1.29 is 23.8 Å². The number of rotatable bonds is 9. The van der Waals surface area contributed by atoms with Crippen LogP contribution in [0, 0.1) is 6.92 Å². The van der Waals surface area contributed by atoms with Crippen molar-refractivity contribution >= 4 is 17.6 Å². The predicted octanol–water partition coefficient (Wildman–Crippen LogP) is 3.29. The second kappa shape index (κ2) is 10.0. The molecule has 0 aromatic heterocycles. The van der Waals surface area contributed by atoms with E-state index in [0.717, 1.165) is 11.1 Å². The first-order valence-corrected chi connectivity index (χ1v) is 8.44. The summed E-state index contributed by atoms with van der Waals surface area (Å²) < 4.78 is 15.6. The van der Waals surface area contributed by atoms with Gasteiger partial charge in [0, 0.05) is 5.69 Å². The minimum absolute atomic E-state index is 0.325. The molecule has 0 saturated carbocycles. The minimum Gasteiger partial charge on any atom is -0.493 e. The van der Waals surface area contributed by atoms with E-state index in [1.807, 2.05) is 37.3 Å². The van der Waals surface area contributed by atoms with Crippen LogP contribution in [0.4, 0.5) is 5.69 Å². The van der Waals surface area contributed by atoms with E-state index < -0.39 is 11.9 Å². The molecule has 27 heavy (non-hydrogen) atoms. The van der Waals surface area contributed by atoms with E-state index in [1.165, 1.54) is 7.11 Å². The van der Waals surface area contributed by atoms with Gasteiger partial charge in [-0.15, -0.1) is 6.58 Å². The third-order valence-corrected chi connectivity index (χ3v) is 3.62. The Bertz CT molecular complexity index is 816. The number of carbonyl (C=O) groups excluding carboxylic acids is 2. The van der Waals surface area contributed by atoms with E-state index in [9.17, 15) is 9.59 Å². The van der Waals surface area contributed by atoms with Gasteiger partial charge in [0.25, 0.3) is 5.91 Å². The number of carbonyl (C=O) groups is 2. The summed E-state index contributed by atoms with van der Waals surface area (Å²) in [6.45, 7) is 4.91. The SMILES string of the molecule is C=CCc1ccc(OCC(=O)OCC(=O)Nc2cccc(C)c2)c(OC)c1. The van der Waals surface area contributed by atoms with E-state index in [1.54, 1.807) is 18.2 Å². The van der Waals surface area contributed by atoms with Crippen molar-refractivity contribution in [3.05, 3.63) is 66.2 Å². The summed E-state index contributed by atoms with van der Waals surface area (Å²) >= 11 is 0. The molecule has 2 rings (SSSR count). The molecule has 0 unspecified atom stereocenters. The lowest BCUT2D eigenvalue weighted by molar-refractivity contribution is -0.149. The maximum Gasteiger partial charge on any atom is 0.344 e. The summed E-state index contributed by atoms with van der Waals surface area (Å²) in [6.07, 6.45) is 2.49. The molecule has 0 aliphatic heterocycles. The smallest absolute Gasteiger partial charge is 0.344 e. The Morgan fingerprint density at radius 1 is 1.11 bits per heavy atom. The van der Waals surface area contributed by atoms with Crippen molar-refractivity contribution in [2.75, 3.05) is 25.6 Å². The normalized spacial score (nSPS) is 10.0. The highest BCUT2D eigenvalue weighted by atomic mass is 16.6. The van der Waals surface area contributed by atoms with Crippen molar-refractivity contribution in [2.24, 2.45) is 0 Å². The number of nitrogens with one attached hydrogen (secondary N) is 1. The van der Waals surface area contributed by atoms with Crippen LogP contribution >= 0.6 is 0 Å². The van der Waals surface area contributed by atoms with E-state index in [-0.39, 0.29) is 13.2 Å². The van der Waals surface area contributed by atoms with E-state index in [4.69, 9.17) is 14.2 Å². The zero-order valence-corrected chi connectivity index (χ0v) is 15.5. The van der Waals surface area contributed by atoms with Gasteiger partial charge in [-0.05, 0) is 48.7 Å². The molecule has 1 N–H and O–H groups in total. The Morgan fingerprint density at radius 3 is 2.63 bits per heavy atom. The van der Waals surface area contributed by atoms with Gasteiger partial charge >= 0.3 is 5.97 Å². The Labute approximate surface area is 158 Å². The fourth-order valence-corrected chi connectivity index (χ4v) is 2.37. The standard InChI is InChI=1S/C21H23NO5/c1-4-6-16-9-10-18(19(12-16)25-3)26-14-21(24)27-13-20(23)22-17-8-5-7-15(2)11-17/h4-5,7-12H,1,6,13-14H2,2-3H3,(H,22,23). The van der Waals surface area contributed by atoms with Crippen molar-refractivity contribution in [2.45, 2.75) is 13.3 Å². The Kier molecular flexibility index (Phi) is 7.43. The van der Waals surface area contributed by atoms with E-state index >= 15 is 0 Å². The van der Waals surface area contributed by atoms with Crippen LogP contribution < -0.4 is 14.8 Å². The summed E-state index contributed by atoms with van der Waals surface area (Å²) in [4.78, 5) is 23.7. The Morgan fingerprint density at radius 2 is 1.93 bits per heavy atom. The molecular formula is C21H23NO5. The molecule has 0 radical (unpaired) electrons. The molecule has 0 aliphatic rings. The second-order valence-electron chi connectivity index (χ2n) is 5.85. The Hall–Kier alpha value is -3.28. The van der Waals surface area contributed by atoms with Crippen LogP contribution in [0.3, 0.4) is 0 Å². The third-order valence-electron chi connectivity index (χ3n) is 3.62. The fourth-order valence-electron chi connectivity index (χ4n) is 2.37. The lowest BCUT2D eigenvalue weighted by Gasteiger charge is -2.12. The molecule has 1 amide bonds. The molecule has 0 heterocycles. The number of hydrogen-bond donors (Lipinski definition) is 1. The van der Waals surface area contributed by atoms with Crippen molar-refractivity contribution in [1.82, 2.24) is 0 Å². The Balaban J connectivity index is 1.80. The molecule has 0 fully saturated rings. The highest BCUT2D eigenvalue weighted by Crippen LogP contribution is 2.28. The second-order valence-corrected chi connectivity index (χ2v) is 5.85. The van der Waals surface area contributed by atoms with Gasteiger partial charge in [-0.3, -0.25) is 4.79 Å². The van der Waals surface area contributed by atoms with Gasteiger partial charge in [0.2, 0.25) is 0 Å². The lowest BCUT2D eigenvalue weighted by atomic mass is 10.1. The van der Waals surface area contributed by atoms with Gasteiger partial charge in [-0.2, -0.15) is 0 Å². The third kappa shape index (κ3) is 6.51. The maximum atomic E-state index is 11.8. The van der Waals surface area contributed by atoms with Crippen LogP contribution in [0.5, 0.6) is 11.5 Å². The zero-order chi connectivity index (χ0) is 19.6. The van der Waals surface area contributed by atoms with Crippen LogP contribution in [-0.2, 0) is 20.7 Å². The number of methoxy groups -OCH3 is 1. The molecule has 0 spiro atoms. The molecule has 2 aromatic rings. The highest BCUT2D eigenvalue weighted by molar-refractivity contribution is 5.92. The van der Waals surface area contributed by atoms with E-state index in [2.05, 4.69) is 11.9 Å². The molecule has 0 aliphatic carbocycles. The molecule has 6 nitrogen and oxygen atoms in total. The van der Waals surface area contributed by atoms with Gasteiger partial charge in [-0.1, -0.05) is 24.3 Å². The van der Waals surface area contributed by atoms with Crippen LogP contribution in [0.2, 0.25) is 0 Å². The number of hydrogen-bond acceptors (Lipinski definition) is 5. The number of aryl methyl sites for hydroxylation is 1. The number of allylic oxidation sites excluding steroid dienone is 1. The first-order valence-electron chi connectivity index (χ1n) is 8.44. The van der Waals surface area contributed by atoms with Gasteiger partial charge in [0.05, 0.1) is 7.11 Å². The van der Waals surface area contributed by atoms with Gasteiger partial charge in [-0.25, -0.2) is 4.79 Å². The number of ether oxygens (including phenoxy) is 3. The fraction of sp³-hybridized carbons (Fsp3) is 0.238. The van der Waals surface area contributed by atoms with E-state index in [0.29, 0.717) is 23.6 Å². The summed E-state index contributed by atoms with van der Waals surface area (Å²) in [7, 11) is 1.52. The first-order chi connectivity index (χ1) is 13.0. The van der Waals surface area contributed by atoms with Crippen LogP contribution in [0.15, 0.2) is 55.1 Å². The van der Waals surface area contributed by atoms with Crippen molar-refractivity contribution in [3.8, 4) is 11.5 Å². The largest absolute Gasteiger partial charge is 0.493 e. The first kappa shape index (κ1) is 20.0. The summed E-state index contributed by atoms with van der Waals surface area (Å²) in [5, 5.41) is 2.66. The molecule has 6 heteroatoms. The number of benzene rings is 2. The predicted molar refractivity (Wildman–Crippen MR) is 103 cm³/mol.